The van der Waals surface area contributed by atoms with Crippen LogP contribution in [0, 0.1) is 0 Å². The Kier molecular flexibility index (Phi) is 5.36. The van der Waals surface area contributed by atoms with Gasteiger partial charge in [0, 0.05) is 19.0 Å². The first-order valence-corrected chi connectivity index (χ1v) is 7.04. The second kappa shape index (κ2) is 7.47. The smallest absolute Gasteiger partial charge is 0.322 e. The summed E-state index contributed by atoms with van der Waals surface area (Å²) in [5, 5.41) is 6.31. The van der Waals surface area contributed by atoms with Gasteiger partial charge in [-0.25, -0.2) is 0 Å². The van der Waals surface area contributed by atoms with Crippen molar-refractivity contribution in [1.82, 2.24) is 15.0 Å². The van der Waals surface area contributed by atoms with Gasteiger partial charge in [-0.1, -0.05) is 0 Å². The fraction of sp³-hybridized carbons (Fsp3) is 0.500. The Hall–Kier alpha value is -2.31. The molecule has 0 aliphatic rings. The normalized spacial score (nSPS) is 12.0. The molecule has 0 amide bonds. The van der Waals surface area contributed by atoms with E-state index >= 15 is 0 Å². The third-order valence-electron chi connectivity index (χ3n) is 2.91. The third kappa shape index (κ3) is 4.62. The maximum Gasteiger partial charge on any atom is 0.322 e. The van der Waals surface area contributed by atoms with E-state index in [1.165, 1.54) is 7.11 Å². The number of hydrogen-bond donors (Lipinski definition) is 2. The number of aryl methyl sites for hydroxylation is 1. The number of ether oxygens (including phenoxy) is 1. The van der Waals surface area contributed by atoms with Crippen LogP contribution in [0.2, 0.25) is 0 Å². The minimum Gasteiger partial charge on any atom is -0.469 e. The van der Waals surface area contributed by atoms with Crippen molar-refractivity contribution in [2.45, 2.75) is 32.7 Å². The first kappa shape index (κ1) is 15.1. The fourth-order valence-electron chi connectivity index (χ4n) is 1.86. The molecule has 0 bridgehead atoms. The Morgan fingerprint density at radius 3 is 2.76 bits per heavy atom. The summed E-state index contributed by atoms with van der Waals surface area (Å²) in [4.78, 5) is 12.6. The van der Waals surface area contributed by atoms with Gasteiger partial charge in [0.15, 0.2) is 0 Å². The molecule has 2 aromatic rings. The molecule has 7 nitrogen and oxygen atoms in total. The van der Waals surface area contributed by atoms with E-state index in [1.807, 2.05) is 19.1 Å². The number of hydrogen-bond acceptors (Lipinski definition) is 7. The van der Waals surface area contributed by atoms with Gasteiger partial charge in [0.1, 0.15) is 5.76 Å². The van der Waals surface area contributed by atoms with E-state index in [0.29, 0.717) is 17.9 Å². The number of anilines is 2. The summed E-state index contributed by atoms with van der Waals surface area (Å²) in [6.07, 6.45) is 3.47. The minimum absolute atomic E-state index is 0.205. The van der Waals surface area contributed by atoms with Gasteiger partial charge in [-0.2, -0.15) is 15.0 Å². The van der Waals surface area contributed by atoms with Crippen LogP contribution >= 0.6 is 0 Å². The van der Waals surface area contributed by atoms with Gasteiger partial charge in [0.25, 0.3) is 0 Å². The summed E-state index contributed by atoms with van der Waals surface area (Å²) in [5.41, 5.74) is 0. The highest BCUT2D eigenvalue weighted by Gasteiger charge is 2.10. The predicted octanol–water partition coefficient (Wildman–Crippen LogP) is 2.34. The highest BCUT2D eigenvalue weighted by atomic mass is 16.5. The number of aromatic nitrogens is 3. The van der Waals surface area contributed by atoms with Gasteiger partial charge in [0.2, 0.25) is 11.9 Å². The summed E-state index contributed by atoms with van der Waals surface area (Å²) >= 11 is 0. The monoisotopic (exact) mass is 291 g/mol. The van der Waals surface area contributed by atoms with Gasteiger partial charge in [0.05, 0.1) is 13.4 Å². The van der Waals surface area contributed by atoms with Crippen LogP contribution < -0.4 is 15.4 Å². The molecule has 2 rings (SSSR count). The van der Waals surface area contributed by atoms with Crippen molar-refractivity contribution in [1.29, 1.82) is 0 Å². The number of furan rings is 1. The van der Waals surface area contributed by atoms with Crippen molar-refractivity contribution in [2.75, 3.05) is 24.3 Å². The maximum absolute atomic E-state index is 5.32. The number of rotatable bonds is 8. The van der Waals surface area contributed by atoms with E-state index in [1.54, 1.807) is 6.26 Å². The number of nitrogens with zero attached hydrogens (tertiary/aromatic N) is 3. The Labute approximate surface area is 124 Å². The van der Waals surface area contributed by atoms with Crippen LogP contribution in [-0.2, 0) is 6.42 Å². The molecule has 1 unspecified atom stereocenters. The molecule has 21 heavy (non-hydrogen) atoms. The predicted molar refractivity (Wildman–Crippen MR) is 80.7 cm³/mol. The van der Waals surface area contributed by atoms with E-state index in [-0.39, 0.29) is 6.04 Å². The van der Waals surface area contributed by atoms with Gasteiger partial charge >= 0.3 is 6.01 Å². The topological polar surface area (TPSA) is 85.1 Å². The largest absolute Gasteiger partial charge is 0.469 e. The molecule has 1 atom stereocenters. The zero-order chi connectivity index (χ0) is 15.1. The van der Waals surface area contributed by atoms with Crippen LogP contribution in [0.25, 0.3) is 0 Å². The lowest BCUT2D eigenvalue weighted by Gasteiger charge is -2.14. The lowest BCUT2D eigenvalue weighted by atomic mass is 10.1. The molecule has 0 aliphatic heterocycles. The minimum atomic E-state index is 0.205. The highest BCUT2D eigenvalue weighted by molar-refractivity contribution is 5.36. The fourth-order valence-corrected chi connectivity index (χ4v) is 1.86. The quantitative estimate of drug-likeness (QED) is 0.772. The Bertz CT molecular complexity index is 544. The van der Waals surface area contributed by atoms with Crippen LogP contribution in [0.5, 0.6) is 6.01 Å². The number of nitrogens with one attached hydrogen (secondary N) is 2. The molecule has 0 spiro atoms. The second-order valence-corrected chi connectivity index (χ2v) is 4.66. The van der Waals surface area contributed by atoms with Crippen molar-refractivity contribution in [3.8, 4) is 6.01 Å². The van der Waals surface area contributed by atoms with E-state index in [2.05, 4.69) is 32.5 Å². The average Bonchev–Trinajstić information content (AvgIpc) is 2.98. The molecule has 2 N–H and O–H groups in total. The van der Waals surface area contributed by atoms with Crippen molar-refractivity contribution in [2.24, 2.45) is 0 Å². The molecule has 114 valence electrons. The van der Waals surface area contributed by atoms with Crippen molar-refractivity contribution >= 4 is 11.9 Å². The second-order valence-electron chi connectivity index (χ2n) is 4.66. The van der Waals surface area contributed by atoms with Crippen molar-refractivity contribution in [3.05, 3.63) is 24.2 Å². The molecule has 0 aromatic carbocycles. The standard InChI is InChI=1S/C14H21N5O2/c1-4-15-12-17-13(19-14(18-12)20-3)16-10(2)7-8-11-6-5-9-21-11/h5-6,9-10H,4,7-8H2,1-3H3,(H2,15,16,17,18,19). The molecule has 7 heteroatoms. The first-order chi connectivity index (χ1) is 10.2. The molecule has 0 radical (unpaired) electrons. The van der Waals surface area contributed by atoms with Crippen LogP contribution in [0.1, 0.15) is 26.0 Å². The van der Waals surface area contributed by atoms with Crippen molar-refractivity contribution < 1.29 is 9.15 Å². The third-order valence-corrected chi connectivity index (χ3v) is 2.91. The van der Waals surface area contributed by atoms with Crippen molar-refractivity contribution in [3.63, 3.8) is 0 Å². The molecular formula is C14H21N5O2. The lowest BCUT2D eigenvalue weighted by molar-refractivity contribution is 0.379. The summed E-state index contributed by atoms with van der Waals surface area (Å²) in [6.45, 7) is 4.79. The van der Waals surface area contributed by atoms with E-state index < -0.39 is 0 Å². The molecule has 0 fully saturated rings. The van der Waals surface area contributed by atoms with Gasteiger partial charge in [-0.05, 0) is 32.4 Å². The van der Waals surface area contributed by atoms with Gasteiger partial charge < -0.3 is 19.8 Å². The molecular weight excluding hydrogens is 270 g/mol. The van der Waals surface area contributed by atoms with Crippen LogP contribution in [0.4, 0.5) is 11.9 Å². The first-order valence-electron chi connectivity index (χ1n) is 7.04. The molecule has 2 aromatic heterocycles. The zero-order valence-corrected chi connectivity index (χ0v) is 12.6. The molecule has 0 aliphatic carbocycles. The summed E-state index contributed by atoms with van der Waals surface area (Å²) in [7, 11) is 1.54. The summed E-state index contributed by atoms with van der Waals surface area (Å²) < 4.78 is 10.4. The van der Waals surface area contributed by atoms with Crippen LogP contribution in [0.15, 0.2) is 22.8 Å². The average molecular weight is 291 g/mol. The van der Waals surface area contributed by atoms with Crippen LogP contribution in [-0.4, -0.2) is 34.6 Å². The van der Waals surface area contributed by atoms with Gasteiger partial charge in [-0.3, -0.25) is 0 Å². The van der Waals surface area contributed by atoms with E-state index in [4.69, 9.17) is 9.15 Å². The molecule has 0 saturated heterocycles. The molecule has 0 saturated carbocycles. The molecule has 2 heterocycles. The van der Waals surface area contributed by atoms with Gasteiger partial charge in [-0.15, -0.1) is 0 Å². The SMILES string of the molecule is CCNc1nc(NC(C)CCc2ccco2)nc(OC)n1. The number of methoxy groups -OCH3 is 1. The Morgan fingerprint density at radius 2 is 2.10 bits per heavy atom. The zero-order valence-electron chi connectivity index (χ0n) is 12.6. The maximum atomic E-state index is 5.32. The Morgan fingerprint density at radius 1 is 1.29 bits per heavy atom. The van der Waals surface area contributed by atoms with E-state index in [9.17, 15) is 0 Å². The lowest BCUT2D eigenvalue weighted by Crippen LogP contribution is -2.19. The highest BCUT2D eigenvalue weighted by Crippen LogP contribution is 2.13. The summed E-state index contributed by atoms with van der Waals surface area (Å²) in [6, 6.07) is 4.37. The van der Waals surface area contributed by atoms with Crippen LogP contribution in [0.3, 0.4) is 0 Å². The Balaban J connectivity index is 1.95. The summed E-state index contributed by atoms with van der Waals surface area (Å²) in [5.74, 6) is 1.99. The van der Waals surface area contributed by atoms with E-state index in [0.717, 1.165) is 25.1 Å².